The molecule has 1 aromatic rings. The molecule has 1 atom stereocenters. The molecule has 1 unspecified atom stereocenters. The number of aliphatic hydroxyl groups excluding tert-OH is 1. The van der Waals surface area contributed by atoms with E-state index in [4.69, 9.17) is 4.74 Å². The van der Waals surface area contributed by atoms with Crippen LogP contribution in [-0.2, 0) is 0 Å². The van der Waals surface area contributed by atoms with Gasteiger partial charge in [-0.1, -0.05) is 6.08 Å². The number of aliphatic hydroxyl groups is 1. The summed E-state index contributed by atoms with van der Waals surface area (Å²) in [4.78, 5) is 3.96. The molecule has 0 aromatic carbocycles. The SMILES string of the molecule is C=CC(O)c1cc(OC)ccn1. The van der Waals surface area contributed by atoms with Crippen molar-refractivity contribution >= 4 is 0 Å². The lowest BCUT2D eigenvalue weighted by atomic mass is 10.2. The summed E-state index contributed by atoms with van der Waals surface area (Å²) in [7, 11) is 1.57. The summed E-state index contributed by atoms with van der Waals surface area (Å²) in [5, 5.41) is 9.31. The molecule has 3 nitrogen and oxygen atoms in total. The number of methoxy groups -OCH3 is 1. The Labute approximate surface area is 71.3 Å². The van der Waals surface area contributed by atoms with Crippen LogP contribution in [0.2, 0.25) is 0 Å². The van der Waals surface area contributed by atoms with Gasteiger partial charge in [0.2, 0.25) is 0 Å². The average molecular weight is 165 g/mol. The van der Waals surface area contributed by atoms with Gasteiger partial charge < -0.3 is 9.84 Å². The van der Waals surface area contributed by atoms with Crippen LogP contribution >= 0.6 is 0 Å². The molecule has 0 aliphatic heterocycles. The maximum Gasteiger partial charge on any atom is 0.122 e. The zero-order valence-corrected chi connectivity index (χ0v) is 6.90. The lowest BCUT2D eigenvalue weighted by molar-refractivity contribution is 0.223. The zero-order valence-electron chi connectivity index (χ0n) is 6.90. The second-order valence-electron chi connectivity index (χ2n) is 2.30. The van der Waals surface area contributed by atoms with Gasteiger partial charge in [-0.05, 0) is 6.07 Å². The van der Waals surface area contributed by atoms with E-state index in [0.717, 1.165) is 0 Å². The van der Waals surface area contributed by atoms with E-state index in [1.165, 1.54) is 6.08 Å². The molecule has 12 heavy (non-hydrogen) atoms. The first kappa shape index (κ1) is 8.74. The molecule has 0 radical (unpaired) electrons. The first-order valence-electron chi connectivity index (χ1n) is 3.58. The van der Waals surface area contributed by atoms with Crippen molar-refractivity contribution < 1.29 is 9.84 Å². The summed E-state index contributed by atoms with van der Waals surface area (Å²) in [6.07, 6.45) is 2.28. The third-order valence-corrected chi connectivity index (χ3v) is 1.51. The van der Waals surface area contributed by atoms with Crippen LogP contribution in [0.25, 0.3) is 0 Å². The molecule has 1 heterocycles. The van der Waals surface area contributed by atoms with Crippen LogP contribution in [0.3, 0.4) is 0 Å². The maximum absolute atomic E-state index is 9.31. The highest BCUT2D eigenvalue weighted by atomic mass is 16.5. The van der Waals surface area contributed by atoms with Crippen LogP contribution < -0.4 is 4.74 Å². The van der Waals surface area contributed by atoms with Crippen LogP contribution in [0.15, 0.2) is 31.0 Å². The smallest absolute Gasteiger partial charge is 0.122 e. The third kappa shape index (κ3) is 1.83. The summed E-state index contributed by atoms with van der Waals surface area (Å²) < 4.78 is 4.96. The summed E-state index contributed by atoms with van der Waals surface area (Å²) in [6, 6.07) is 3.39. The fraction of sp³-hybridized carbons (Fsp3) is 0.222. The van der Waals surface area contributed by atoms with Gasteiger partial charge in [-0.2, -0.15) is 0 Å². The molecular formula is C9H11NO2. The third-order valence-electron chi connectivity index (χ3n) is 1.51. The van der Waals surface area contributed by atoms with Crippen LogP contribution in [0.5, 0.6) is 5.75 Å². The first-order chi connectivity index (χ1) is 5.77. The quantitative estimate of drug-likeness (QED) is 0.686. The Kier molecular flexibility index (Phi) is 2.82. The minimum absolute atomic E-state index is 0.546. The number of nitrogens with zero attached hydrogens (tertiary/aromatic N) is 1. The number of pyridine rings is 1. The zero-order chi connectivity index (χ0) is 8.97. The van der Waals surface area contributed by atoms with Gasteiger partial charge in [0.1, 0.15) is 11.9 Å². The van der Waals surface area contributed by atoms with E-state index >= 15 is 0 Å². The van der Waals surface area contributed by atoms with Crippen molar-refractivity contribution in [1.82, 2.24) is 4.98 Å². The van der Waals surface area contributed by atoms with E-state index < -0.39 is 6.10 Å². The summed E-state index contributed by atoms with van der Waals surface area (Å²) in [5.41, 5.74) is 0.546. The second-order valence-corrected chi connectivity index (χ2v) is 2.30. The van der Waals surface area contributed by atoms with Crippen molar-refractivity contribution in [3.8, 4) is 5.75 Å². The topological polar surface area (TPSA) is 42.4 Å². The van der Waals surface area contributed by atoms with Gasteiger partial charge in [0.05, 0.1) is 12.8 Å². The van der Waals surface area contributed by atoms with Gasteiger partial charge >= 0.3 is 0 Å². The molecule has 0 bridgehead atoms. The van der Waals surface area contributed by atoms with Crippen molar-refractivity contribution in [2.75, 3.05) is 7.11 Å². The van der Waals surface area contributed by atoms with Crippen molar-refractivity contribution in [3.05, 3.63) is 36.7 Å². The Morgan fingerprint density at radius 2 is 2.50 bits per heavy atom. The molecule has 0 fully saturated rings. The number of ether oxygens (including phenoxy) is 1. The Morgan fingerprint density at radius 3 is 3.08 bits per heavy atom. The molecule has 3 heteroatoms. The average Bonchev–Trinajstić information content (AvgIpc) is 2.17. The predicted molar refractivity (Wildman–Crippen MR) is 45.9 cm³/mol. The predicted octanol–water partition coefficient (Wildman–Crippen LogP) is 1.31. The van der Waals surface area contributed by atoms with Gasteiger partial charge in [-0.15, -0.1) is 6.58 Å². The second kappa shape index (κ2) is 3.88. The largest absolute Gasteiger partial charge is 0.497 e. The Bertz CT molecular complexity index is 273. The standard InChI is InChI=1S/C9H11NO2/c1-3-9(11)8-6-7(12-2)4-5-10-8/h3-6,9,11H,1H2,2H3. The molecule has 0 aliphatic carbocycles. The van der Waals surface area contributed by atoms with Crippen LogP contribution in [0.1, 0.15) is 11.8 Å². The Morgan fingerprint density at radius 1 is 1.75 bits per heavy atom. The van der Waals surface area contributed by atoms with E-state index in [9.17, 15) is 5.11 Å². The van der Waals surface area contributed by atoms with Gasteiger partial charge in [-0.25, -0.2) is 0 Å². The van der Waals surface area contributed by atoms with Gasteiger partial charge in [0, 0.05) is 12.3 Å². The summed E-state index contributed by atoms with van der Waals surface area (Å²) in [6.45, 7) is 3.46. The number of aromatic nitrogens is 1. The number of rotatable bonds is 3. The van der Waals surface area contributed by atoms with E-state index in [-0.39, 0.29) is 0 Å². The highest BCUT2D eigenvalue weighted by molar-refractivity contribution is 5.24. The lowest BCUT2D eigenvalue weighted by Crippen LogP contribution is -1.96. The van der Waals surface area contributed by atoms with E-state index in [1.54, 1.807) is 25.4 Å². The van der Waals surface area contributed by atoms with Crippen molar-refractivity contribution in [3.63, 3.8) is 0 Å². The summed E-state index contributed by atoms with van der Waals surface area (Å²) >= 11 is 0. The van der Waals surface area contributed by atoms with Gasteiger partial charge in [0.25, 0.3) is 0 Å². The fourth-order valence-corrected chi connectivity index (χ4v) is 0.837. The van der Waals surface area contributed by atoms with Crippen LogP contribution in [0.4, 0.5) is 0 Å². The van der Waals surface area contributed by atoms with Crippen LogP contribution in [-0.4, -0.2) is 17.2 Å². The molecule has 0 amide bonds. The molecule has 1 N–H and O–H groups in total. The fourth-order valence-electron chi connectivity index (χ4n) is 0.837. The van der Waals surface area contributed by atoms with Gasteiger partial charge in [0.15, 0.2) is 0 Å². The van der Waals surface area contributed by atoms with Crippen LogP contribution in [0, 0.1) is 0 Å². The first-order valence-corrected chi connectivity index (χ1v) is 3.58. The maximum atomic E-state index is 9.31. The molecule has 1 rings (SSSR count). The highest BCUT2D eigenvalue weighted by Crippen LogP contribution is 2.16. The minimum atomic E-state index is -0.722. The lowest BCUT2D eigenvalue weighted by Gasteiger charge is -2.05. The van der Waals surface area contributed by atoms with E-state index in [2.05, 4.69) is 11.6 Å². The van der Waals surface area contributed by atoms with Crippen molar-refractivity contribution in [1.29, 1.82) is 0 Å². The summed E-state index contributed by atoms with van der Waals surface area (Å²) in [5.74, 6) is 0.681. The van der Waals surface area contributed by atoms with Gasteiger partial charge in [-0.3, -0.25) is 4.98 Å². The number of hydrogen-bond donors (Lipinski definition) is 1. The molecule has 0 saturated carbocycles. The van der Waals surface area contributed by atoms with E-state index in [0.29, 0.717) is 11.4 Å². The Balaban J connectivity index is 2.93. The normalized spacial score (nSPS) is 12.2. The monoisotopic (exact) mass is 165 g/mol. The van der Waals surface area contributed by atoms with E-state index in [1.807, 2.05) is 0 Å². The molecular weight excluding hydrogens is 154 g/mol. The molecule has 1 aromatic heterocycles. The molecule has 64 valence electrons. The molecule has 0 saturated heterocycles. The minimum Gasteiger partial charge on any atom is -0.497 e. The Hall–Kier alpha value is -1.35. The van der Waals surface area contributed by atoms with Crippen molar-refractivity contribution in [2.24, 2.45) is 0 Å². The highest BCUT2D eigenvalue weighted by Gasteiger charge is 2.04. The number of hydrogen-bond acceptors (Lipinski definition) is 3. The van der Waals surface area contributed by atoms with Crippen molar-refractivity contribution in [2.45, 2.75) is 6.10 Å². The molecule has 0 aliphatic rings. The molecule has 0 spiro atoms.